The van der Waals surface area contributed by atoms with Gasteiger partial charge >= 0.3 is 12.1 Å². The zero-order valence-electron chi connectivity index (χ0n) is 22.6. The Morgan fingerprint density at radius 2 is 1.55 bits per heavy atom. The Morgan fingerprint density at radius 3 is 2.29 bits per heavy atom. The van der Waals surface area contributed by atoms with E-state index in [9.17, 15) is 18.0 Å². The van der Waals surface area contributed by atoms with E-state index >= 15 is 0 Å². The largest absolute Gasteiger partial charge is 0.494 e. The average molecular weight is 572 g/mol. The maximum Gasteiger partial charge on any atom is 0.418 e. The van der Waals surface area contributed by atoms with E-state index < -0.39 is 17.7 Å². The minimum atomic E-state index is -4.54. The van der Waals surface area contributed by atoms with Crippen LogP contribution in [0.2, 0.25) is 0 Å². The molecule has 0 bridgehead atoms. The fourth-order valence-corrected chi connectivity index (χ4v) is 4.81. The van der Waals surface area contributed by atoms with Crippen LogP contribution in [0.3, 0.4) is 0 Å². The zero-order valence-corrected chi connectivity index (χ0v) is 22.6. The first-order valence-electron chi connectivity index (χ1n) is 13.5. The first-order chi connectivity index (χ1) is 20.3. The van der Waals surface area contributed by atoms with Gasteiger partial charge in [0.2, 0.25) is 0 Å². The van der Waals surface area contributed by atoms with Crippen LogP contribution < -0.4 is 9.47 Å². The summed E-state index contributed by atoms with van der Waals surface area (Å²) >= 11 is 0. The number of ether oxygens (including phenoxy) is 2. The number of unbranched alkanes of at least 4 members (excludes halogenated alkanes) is 1. The lowest BCUT2D eigenvalue weighted by Crippen LogP contribution is -2.07. The van der Waals surface area contributed by atoms with Crippen LogP contribution >= 0.6 is 0 Å². The van der Waals surface area contributed by atoms with E-state index in [1.165, 1.54) is 12.3 Å². The smallest absolute Gasteiger partial charge is 0.418 e. The van der Waals surface area contributed by atoms with Crippen molar-refractivity contribution >= 4 is 16.9 Å². The van der Waals surface area contributed by atoms with Gasteiger partial charge in [0.15, 0.2) is 0 Å². The quantitative estimate of drug-likeness (QED) is 0.160. The van der Waals surface area contributed by atoms with Crippen LogP contribution in [0.25, 0.3) is 22.0 Å². The molecule has 0 atom stereocenters. The van der Waals surface area contributed by atoms with Crippen molar-refractivity contribution in [3.8, 4) is 28.4 Å². The van der Waals surface area contributed by atoms with Crippen molar-refractivity contribution in [1.82, 2.24) is 4.98 Å². The van der Waals surface area contributed by atoms with Crippen LogP contribution in [0.15, 0.2) is 103 Å². The van der Waals surface area contributed by atoms with Crippen molar-refractivity contribution in [2.45, 2.75) is 31.9 Å². The number of aliphatic carboxylic acids is 1. The Bertz CT molecular complexity index is 1670. The molecule has 1 aromatic heterocycles. The normalized spacial score (nSPS) is 11.4. The molecule has 0 radical (unpaired) electrons. The zero-order chi connectivity index (χ0) is 29.5. The van der Waals surface area contributed by atoms with E-state index in [-0.39, 0.29) is 11.9 Å². The van der Waals surface area contributed by atoms with Crippen molar-refractivity contribution in [2.75, 3.05) is 6.61 Å². The number of alkyl halides is 3. The fraction of sp³-hybridized carbons (Fsp3) is 0.176. The number of benzene rings is 4. The van der Waals surface area contributed by atoms with Crippen LogP contribution in [0, 0.1) is 0 Å². The Kier molecular flexibility index (Phi) is 8.71. The van der Waals surface area contributed by atoms with Crippen molar-refractivity contribution < 1.29 is 32.5 Å². The molecule has 0 saturated carbocycles. The molecular weight excluding hydrogens is 543 g/mol. The standard InChI is InChI=1S/C34H28F3NO4/c35-34(36,37)30-13-7-12-29-32(25(22-38-33(29)30)20-23-8-2-1-3-9-23)24-10-6-11-28(21-24)42-27-17-15-26(16-18-27)41-19-5-4-14-31(39)40/h1-3,6-13,15-18,21-22H,4-5,14,19-20H2,(H,39,40). The van der Waals surface area contributed by atoms with E-state index in [0.29, 0.717) is 59.6 Å². The fourth-order valence-electron chi connectivity index (χ4n) is 4.81. The molecule has 0 unspecified atom stereocenters. The number of para-hydroxylation sites is 1. The molecule has 0 fully saturated rings. The van der Waals surface area contributed by atoms with E-state index in [2.05, 4.69) is 4.98 Å². The Hall–Kier alpha value is -4.85. The third-order valence-electron chi connectivity index (χ3n) is 6.75. The lowest BCUT2D eigenvalue weighted by Gasteiger charge is -2.17. The first kappa shape index (κ1) is 28.7. The highest BCUT2D eigenvalue weighted by Crippen LogP contribution is 2.40. The second-order valence-corrected chi connectivity index (χ2v) is 9.82. The van der Waals surface area contributed by atoms with E-state index in [0.717, 1.165) is 17.2 Å². The molecule has 8 heteroatoms. The number of hydrogen-bond donors (Lipinski definition) is 1. The molecule has 1 heterocycles. The number of rotatable bonds is 11. The van der Waals surface area contributed by atoms with Crippen LogP contribution in [-0.2, 0) is 17.4 Å². The summed E-state index contributed by atoms with van der Waals surface area (Å²) < 4.78 is 53.4. The summed E-state index contributed by atoms with van der Waals surface area (Å²) in [5.41, 5.74) is 2.34. The number of carboxylic acid groups (broad SMARTS) is 1. The van der Waals surface area contributed by atoms with Crippen LogP contribution in [0.5, 0.6) is 17.2 Å². The van der Waals surface area contributed by atoms with Crippen LogP contribution in [-0.4, -0.2) is 22.7 Å². The number of fused-ring (bicyclic) bond motifs is 1. The number of aromatic nitrogens is 1. The molecule has 0 aliphatic heterocycles. The minimum Gasteiger partial charge on any atom is -0.494 e. The maximum absolute atomic E-state index is 13.9. The molecule has 1 N–H and O–H groups in total. The Balaban J connectivity index is 1.43. The summed E-state index contributed by atoms with van der Waals surface area (Å²) in [4.78, 5) is 14.9. The van der Waals surface area contributed by atoms with E-state index in [1.54, 1.807) is 36.4 Å². The van der Waals surface area contributed by atoms with Crippen LogP contribution in [0.4, 0.5) is 13.2 Å². The number of carbonyl (C=O) groups is 1. The average Bonchev–Trinajstić information content (AvgIpc) is 2.97. The molecule has 0 aliphatic rings. The molecule has 5 aromatic rings. The predicted molar refractivity (Wildman–Crippen MR) is 155 cm³/mol. The van der Waals surface area contributed by atoms with Gasteiger partial charge in [-0.05, 0) is 84.0 Å². The first-order valence-corrected chi connectivity index (χ1v) is 13.5. The molecule has 0 spiro atoms. The summed E-state index contributed by atoms with van der Waals surface area (Å²) in [6.07, 6.45) is -1.21. The number of carboxylic acids is 1. The molecular formula is C34H28F3NO4. The summed E-state index contributed by atoms with van der Waals surface area (Å²) in [7, 11) is 0. The molecule has 0 aliphatic carbocycles. The third kappa shape index (κ3) is 7.07. The van der Waals surface area contributed by atoms with Gasteiger partial charge in [0.25, 0.3) is 0 Å². The summed E-state index contributed by atoms with van der Waals surface area (Å²) in [5.74, 6) is 0.906. The number of nitrogens with zero attached hydrogens (tertiary/aromatic N) is 1. The van der Waals surface area contributed by atoms with Gasteiger partial charge in [-0.15, -0.1) is 0 Å². The van der Waals surface area contributed by atoms with Gasteiger partial charge in [-0.25, -0.2) is 0 Å². The molecule has 42 heavy (non-hydrogen) atoms. The van der Waals surface area contributed by atoms with Crippen molar-refractivity contribution in [1.29, 1.82) is 0 Å². The lowest BCUT2D eigenvalue weighted by molar-refractivity contribution is -0.137. The van der Waals surface area contributed by atoms with Gasteiger partial charge in [-0.2, -0.15) is 13.2 Å². The highest BCUT2D eigenvalue weighted by Gasteiger charge is 2.33. The van der Waals surface area contributed by atoms with Gasteiger partial charge in [-0.3, -0.25) is 9.78 Å². The van der Waals surface area contributed by atoms with Crippen molar-refractivity contribution in [3.63, 3.8) is 0 Å². The topological polar surface area (TPSA) is 68.7 Å². The Labute approximate surface area is 241 Å². The summed E-state index contributed by atoms with van der Waals surface area (Å²) in [6.45, 7) is 0.413. The number of halogens is 3. The molecule has 5 rings (SSSR count). The van der Waals surface area contributed by atoms with Crippen molar-refractivity contribution in [3.05, 3.63) is 120 Å². The molecule has 0 saturated heterocycles. The van der Waals surface area contributed by atoms with Gasteiger partial charge < -0.3 is 14.6 Å². The van der Waals surface area contributed by atoms with E-state index in [1.807, 2.05) is 48.5 Å². The molecule has 214 valence electrons. The lowest BCUT2D eigenvalue weighted by atomic mass is 9.92. The van der Waals surface area contributed by atoms with Crippen LogP contribution in [0.1, 0.15) is 36.0 Å². The SMILES string of the molecule is O=C(O)CCCCOc1ccc(Oc2cccc(-c3c(Cc4ccccc4)cnc4c(C(F)(F)F)cccc34)c2)cc1. The molecule has 4 aromatic carbocycles. The van der Waals surface area contributed by atoms with Gasteiger partial charge in [0.05, 0.1) is 17.7 Å². The summed E-state index contributed by atoms with van der Waals surface area (Å²) in [6, 6.07) is 28.2. The van der Waals surface area contributed by atoms with Crippen molar-refractivity contribution in [2.24, 2.45) is 0 Å². The molecule has 5 nitrogen and oxygen atoms in total. The second-order valence-electron chi connectivity index (χ2n) is 9.82. The predicted octanol–water partition coefficient (Wildman–Crippen LogP) is 8.94. The Morgan fingerprint density at radius 1 is 0.810 bits per heavy atom. The number of hydrogen-bond acceptors (Lipinski definition) is 4. The van der Waals surface area contributed by atoms with Gasteiger partial charge in [0, 0.05) is 18.0 Å². The maximum atomic E-state index is 13.9. The second kappa shape index (κ2) is 12.8. The molecule has 0 amide bonds. The third-order valence-corrected chi connectivity index (χ3v) is 6.75. The number of pyridine rings is 1. The summed E-state index contributed by atoms with van der Waals surface area (Å²) in [5, 5.41) is 9.14. The van der Waals surface area contributed by atoms with Gasteiger partial charge in [-0.1, -0.05) is 54.6 Å². The van der Waals surface area contributed by atoms with Gasteiger partial charge in [0.1, 0.15) is 17.2 Å². The highest BCUT2D eigenvalue weighted by atomic mass is 19.4. The minimum absolute atomic E-state index is 0.0957. The highest BCUT2D eigenvalue weighted by molar-refractivity contribution is 5.98. The monoisotopic (exact) mass is 571 g/mol. The van der Waals surface area contributed by atoms with E-state index in [4.69, 9.17) is 14.6 Å².